The van der Waals surface area contributed by atoms with Crippen molar-refractivity contribution < 1.29 is 23.2 Å². The van der Waals surface area contributed by atoms with E-state index < -0.39 is 17.7 Å². The lowest BCUT2D eigenvalue weighted by atomic mass is 9.88. The standard InChI is InChI=1S/C18H18F2N2O3/c19-11-8-7-10(9-12(11)20)22(17-13(21)3-1-4-14(17)23)18-15(24)5-2-6-16(18)25/h7-9,18H,1-6,21H2. The van der Waals surface area contributed by atoms with Crippen molar-refractivity contribution in [1.82, 2.24) is 0 Å². The number of Topliss-reactive ketones (excluding diaryl/α,β-unsaturated/α-hetero) is 3. The second-order valence-corrected chi connectivity index (χ2v) is 6.31. The van der Waals surface area contributed by atoms with Crippen LogP contribution < -0.4 is 10.6 Å². The monoisotopic (exact) mass is 348 g/mol. The molecule has 0 atom stereocenters. The summed E-state index contributed by atoms with van der Waals surface area (Å²) in [4.78, 5) is 38.5. The van der Waals surface area contributed by atoms with Crippen LogP contribution in [0.4, 0.5) is 14.5 Å². The Hall–Kier alpha value is -2.57. The minimum absolute atomic E-state index is 0.0471. The van der Waals surface area contributed by atoms with Gasteiger partial charge in [-0.2, -0.15) is 0 Å². The van der Waals surface area contributed by atoms with Crippen LogP contribution in [0.3, 0.4) is 0 Å². The van der Waals surface area contributed by atoms with E-state index in [4.69, 9.17) is 5.73 Å². The predicted molar refractivity (Wildman–Crippen MR) is 86.6 cm³/mol. The number of allylic oxidation sites excluding steroid dienone is 2. The number of hydrogen-bond donors (Lipinski definition) is 1. The van der Waals surface area contributed by atoms with Gasteiger partial charge in [0.05, 0.1) is 0 Å². The molecule has 2 aliphatic rings. The molecule has 3 rings (SSSR count). The lowest BCUT2D eigenvalue weighted by Crippen LogP contribution is -2.51. The summed E-state index contributed by atoms with van der Waals surface area (Å²) in [5.74, 6) is -3.18. The van der Waals surface area contributed by atoms with Gasteiger partial charge in [0, 0.05) is 36.7 Å². The van der Waals surface area contributed by atoms with Crippen molar-refractivity contribution >= 4 is 23.0 Å². The Morgan fingerprint density at radius 3 is 2.16 bits per heavy atom. The van der Waals surface area contributed by atoms with Gasteiger partial charge >= 0.3 is 0 Å². The zero-order valence-corrected chi connectivity index (χ0v) is 13.6. The molecule has 1 aromatic carbocycles. The van der Waals surface area contributed by atoms with Crippen molar-refractivity contribution in [2.24, 2.45) is 5.73 Å². The van der Waals surface area contributed by atoms with Crippen LogP contribution in [-0.4, -0.2) is 23.4 Å². The van der Waals surface area contributed by atoms with Crippen LogP contribution in [0.25, 0.3) is 0 Å². The van der Waals surface area contributed by atoms with E-state index in [0.29, 0.717) is 19.3 Å². The first-order chi connectivity index (χ1) is 11.9. The van der Waals surface area contributed by atoms with Gasteiger partial charge in [-0.05, 0) is 31.4 Å². The van der Waals surface area contributed by atoms with Crippen molar-refractivity contribution in [3.8, 4) is 0 Å². The van der Waals surface area contributed by atoms with Gasteiger partial charge < -0.3 is 10.6 Å². The maximum absolute atomic E-state index is 13.8. The molecule has 5 nitrogen and oxygen atoms in total. The maximum atomic E-state index is 13.8. The molecule has 1 fully saturated rings. The molecule has 0 radical (unpaired) electrons. The SMILES string of the molecule is NC1=C(N(c2ccc(F)c(F)c2)C2C(=O)CCCC2=O)C(=O)CCC1. The lowest BCUT2D eigenvalue weighted by Gasteiger charge is -2.36. The Kier molecular flexibility index (Phi) is 4.65. The number of anilines is 1. The van der Waals surface area contributed by atoms with E-state index >= 15 is 0 Å². The Labute approximate surface area is 143 Å². The van der Waals surface area contributed by atoms with Gasteiger partial charge in [0.25, 0.3) is 0 Å². The molecule has 0 aromatic heterocycles. The number of nitrogens with zero attached hydrogens (tertiary/aromatic N) is 1. The zero-order chi connectivity index (χ0) is 18.1. The largest absolute Gasteiger partial charge is 0.400 e. The molecule has 7 heteroatoms. The van der Waals surface area contributed by atoms with Crippen LogP contribution in [0.1, 0.15) is 38.5 Å². The third-order valence-corrected chi connectivity index (χ3v) is 4.56. The molecule has 0 spiro atoms. The molecule has 0 amide bonds. The van der Waals surface area contributed by atoms with Crippen molar-refractivity contribution in [2.75, 3.05) is 4.90 Å². The molecule has 132 valence electrons. The van der Waals surface area contributed by atoms with Gasteiger partial charge in [-0.1, -0.05) is 0 Å². The summed E-state index contributed by atoms with van der Waals surface area (Å²) < 4.78 is 27.1. The second kappa shape index (κ2) is 6.74. The molecule has 0 heterocycles. The topological polar surface area (TPSA) is 80.5 Å². The van der Waals surface area contributed by atoms with Gasteiger partial charge in [-0.15, -0.1) is 0 Å². The highest BCUT2D eigenvalue weighted by Gasteiger charge is 2.40. The average Bonchev–Trinajstić information content (AvgIpc) is 2.55. The van der Waals surface area contributed by atoms with Gasteiger partial charge in [0.1, 0.15) is 5.70 Å². The number of carbonyl (C=O) groups excluding carboxylic acids is 3. The van der Waals surface area contributed by atoms with Crippen LogP contribution in [0.2, 0.25) is 0 Å². The maximum Gasteiger partial charge on any atom is 0.181 e. The first kappa shape index (κ1) is 17.3. The van der Waals surface area contributed by atoms with Crippen LogP contribution in [0.15, 0.2) is 29.6 Å². The molecule has 0 unspecified atom stereocenters. The van der Waals surface area contributed by atoms with E-state index in [1.165, 1.54) is 11.0 Å². The molecular formula is C18H18F2N2O3. The average molecular weight is 348 g/mol. The van der Waals surface area contributed by atoms with E-state index in [2.05, 4.69) is 0 Å². The third kappa shape index (κ3) is 3.18. The fourth-order valence-electron chi connectivity index (χ4n) is 3.36. The summed E-state index contributed by atoms with van der Waals surface area (Å²) in [5.41, 5.74) is 6.37. The molecule has 0 bridgehead atoms. The van der Waals surface area contributed by atoms with Crippen LogP contribution >= 0.6 is 0 Å². The molecule has 0 aliphatic heterocycles. The van der Waals surface area contributed by atoms with E-state index in [9.17, 15) is 23.2 Å². The highest BCUT2D eigenvalue weighted by Crippen LogP contribution is 2.32. The molecule has 1 aromatic rings. The number of halogens is 2. The fraction of sp³-hybridized carbons (Fsp3) is 0.389. The second-order valence-electron chi connectivity index (χ2n) is 6.31. The molecule has 2 N–H and O–H groups in total. The highest BCUT2D eigenvalue weighted by atomic mass is 19.2. The summed E-state index contributed by atoms with van der Waals surface area (Å²) >= 11 is 0. The van der Waals surface area contributed by atoms with Crippen LogP contribution in [0, 0.1) is 11.6 Å². The number of benzene rings is 1. The Bertz CT molecular complexity index is 773. The predicted octanol–water partition coefficient (Wildman–Crippen LogP) is 2.39. The summed E-state index contributed by atoms with van der Waals surface area (Å²) in [6, 6.07) is 1.80. The van der Waals surface area contributed by atoms with Crippen LogP contribution in [0.5, 0.6) is 0 Å². The van der Waals surface area contributed by atoms with Crippen molar-refractivity contribution in [3.05, 3.63) is 41.2 Å². The molecule has 25 heavy (non-hydrogen) atoms. The molecule has 2 aliphatic carbocycles. The number of ketones is 3. The lowest BCUT2D eigenvalue weighted by molar-refractivity contribution is -0.131. The smallest absolute Gasteiger partial charge is 0.181 e. The Morgan fingerprint density at radius 2 is 1.56 bits per heavy atom. The number of nitrogens with two attached hydrogens (primary N) is 1. The third-order valence-electron chi connectivity index (χ3n) is 4.56. The molecular weight excluding hydrogens is 330 g/mol. The first-order valence-electron chi connectivity index (χ1n) is 8.21. The fourth-order valence-corrected chi connectivity index (χ4v) is 3.36. The summed E-state index contributed by atoms with van der Waals surface area (Å²) in [5, 5.41) is 0. The van der Waals surface area contributed by atoms with Gasteiger partial charge in [-0.25, -0.2) is 8.78 Å². The Balaban J connectivity index is 2.17. The minimum Gasteiger partial charge on any atom is -0.400 e. The molecule has 0 saturated heterocycles. The summed E-state index contributed by atoms with van der Waals surface area (Å²) in [7, 11) is 0. The minimum atomic E-state index is -1.23. The van der Waals surface area contributed by atoms with E-state index in [1.807, 2.05) is 0 Å². The number of rotatable bonds is 3. The van der Waals surface area contributed by atoms with Crippen molar-refractivity contribution in [2.45, 2.75) is 44.6 Å². The first-order valence-corrected chi connectivity index (χ1v) is 8.21. The quantitative estimate of drug-likeness (QED) is 0.849. The normalized spacial score (nSPS) is 19.5. The summed E-state index contributed by atoms with van der Waals surface area (Å²) in [6.07, 6.45) is 2.08. The van der Waals surface area contributed by atoms with Crippen molar-refractivity contribution in [1.29, 1.82) is 0 Å². The highest BCUT2D eigenvalue weighted by molar-refractivity contribution is 6.14. The zero-order valence-electron chi connectivity index (χ0n) is 13.6. The van der Waals surface area contributed by atoms with Gasteiger partial charge in [-0.3, -0.25) is 14.4 Å². The van der Waals surface area contributed by atoms with Crippen LogP contribution in [-0.2, 0) is 14.4 Å². The summed E-state index contributed by atoms with van der Waals surface area (Å²) in [6.45, 7) is 0. The molecule has 1 saturated carbocycles. The Morgan fingerprint density at radius 1 is 0.920 bits per heavy atom. The van der Waals surface area contributed by atoms with Gasteiger partial charge in [0.15, 0.2) is 35.0 Å². The van der Waals surface area contributed by atoms with E-state index in [1.54, 1.807) is 0 Å². The van der Waals surface area contributed by atoms with Gasteiger partial charge in [0.2, 0.25) is 0 Å². The van der Waals surface area contributed by atoms with Crippen molar-refractivity contribution in [3.63, 3.8) is 0 Å². The number of carbonyl (C=O) groups is 3. The number of hydrogen-bond acceptors (Lipinski definition) is 5. The van der Waals surface area contributed by atoms with E-state index in [0.717, 1.165) is 12.1 Å². The van der Waals surface area contributed by atoms with E-state index in [-0.39, 0.29) is 53.7 Å².